The molecule has 2 rings (SSSR count). The van der Waals surface area contributed by atoms with Gasteiger partial charge in [0.15, 0.2) is 0 Å². The SMILES string of the molecule is N#CCc1ccc(S(=O)(=O)NC2CCC(CO)CC2)cc1. The van der Waals surface area contributed by atoms with E-state index in [-0.39, 0.29) is 24.0 Å². The van der Waals surface area contributed by atoms with E-state index >= 15 is 0 Å². The standard InChI is InChI=1S/C15H20N2O3S/c16-10-9-12-3-7-15(8-4-12)21(19,20)17-14-5-1-13(11-18)2-6-14/h3-4,7-8,13-14,17-18H,1-2,5-6,9,11H2. The molecule has 0 bridgehead atoms. The monoisotopic (exact) mass is 308 g/mol. The molecule has 1 saturated carbocycles. The molecule has 0 atom stereocenters. The number of rotatable bonds is 5. The summed E-state index contributed by atoms with van der Waals surface area (Å²) in [6.07, 6.45) is 3.50. The van der Waals surface area contributed by atoms with Crippen LogP contribution in [0.4, 0.5) is 0 Å². The van der Waals surface area contributed by atoms with Crippen molar-refractivity contribution in [3.63, 3.8) is 0 Å². The summed E-state index contributed by atoms with van der Waals surface area (Å²) < 4.78 is 27.3. The van der Waals surface area contributed by atoms with Crippen molar-refractivity contribution in [3.8, 4) is 6.07 Å². The predicted molar refractivity (Wildman–Crippen MR) is 78.9 cm³/mol. The number of sulfonamides is 1. The minimum absolute atomic E-state index is 0.0587. The maximum Gasteiger partial charge on any atom is 0.240 e. The lowest BCUT2D eigenvalue weighted by molar-refractivity contribution is 0.180. The predicted octanol–water partition coefficient (Wildman–Crippen LogP) is 1.58. The van der Waals surface area contributed by atoms with Crippen LogP contribution in [0.3, 0.4) is 0 Å². The van der Waals surface area contributed by atoms with Crippen molar-refractivity contribution < 1.29 is 13.5 Å². The van der Waals surface area contributed by atoms with Gasteiger partial charge < -0.3 is 5.11 Å². The lowest BCUT2D eigenvalue weighted by atomic mass is 9.87. The molecule has 0 heterocycles. The Kier molecular flexibility index (Phi) is 5.34. The average molecular weight is 308 g/mol. The Labute approximate surface area is 125 Å². The van der Waals surface area contributed by atoms with Crippen LogP contribution in [0, 0.1) is 17.2 Å². The van der Waals surface area contributed by atoms with E-state index in [0.717, 1.165) is 31.2 Å². The molecular weight excluding hydrogens is 288 g/mol. The summed E-state index contributed by atoms with van der Waals surface area (Å²) in [5.41, 5.74) is 0.805. The summed E-state index contributed by atoms with van der Waals surface area (Å²) in [6, 6.07) is 8.38. The number of benzene rings is 1. The molecule has 1 fully saturated rings. The van der Waals surface area contributed by atoms with Gasteiger partial charge in [-0.25, -0.2) is 13.1 Å². The molecule has 1 aliphatic rings. The molecule has 0 radical (unpaired) electrons. The zero-order valence-electron chi connectivity index (χ0n) is 11.8. The Morgan fingerprint density at radius 1 is 1.19 bits per heavy atom. The number of aliphatic hydroxyl groups excluding tert-OH is 1. The van der Waals surface area contributed by atoms with E-state index in [4.69, 9.17) is 10.4 Å². The van der Waals surface area contributed by atoms with Crippen LogP contribution < -0.4 is 4.72 Å². The van der Waals surface area contributed by atoms with Crippen molar-refractivity contribution in [1.82, 2.24) is 4.72 Å². The minimum Gasteiger partial charge on any atom is -0.396 e. The smallest absolute Gasteiger partial charge is 0.240 e. The quantitative estimate of drug-likeness (QED) is 0.864. The number of nitrogens with one attached hydrogen (secondary N) is 1. The highest BCUT2D eigenvalue weighted by atomic mass is 32.2. The van der Waals surface area contributed by atoms with E-state index in [2.05, 4.69) is 4.72 Å². The second-order valence-corrected chi connectivity index (χ2v) is 7.21. The molecule has 0 aromatic heterocycles. The Morgan fingerprint density at radius 2 is 1.81 bits per heavy atom. The van der Waals surface area contributed by atoms with E-state index in [1.807, 2.05) is 6.07 Å². The molecule has 1 aromatic rings. The molecule has 0 saturated heterocycles. The van der Waals surface area contributed by atoms with Gasteiger partial charge >= 0.3 is 0 Å². The van der Waals surface area contributed by atoms with Gasteiger partial charge in [0.2, 0.25) is 10.0 Å². The van der Waals surface area contributed by atoms with Crippen LogP contribution in [0.1, 0.15) is 31.2 Å². The summed E-state index contributed by atoms with van der Waals surface area (Å²) in [7, 11) is -3.51. The molecule has 1 aliphatic carbocycles. The first-order valence-electron chi connectivity index (χ1n) is 7.14. The molecule has 0 amide bonds. The van der Waals surface area contributed by atoms with Crippen molar-refractivity contribution >= 4 is 10.0 Å². The lowest BCUT2D eigenvalue weighted by Crippen LogP contribution is -2.38. The normalized spacial score (nSPS) is 22.7. The Hall–Kier alpha value is -1.42. The molecule has 6 heteroatoms. The molecule has 0 spiro atoms. The topological polar surface area (TPSA) is 90.2 Å². The van der Waals surface area contributed by atoms with Crippen LogP contribution in [0.5, 0.6) is 0 Å². The highest BCUT2D eigenvalue weighted by molar-refractivity contribution is 7.89. The number of hydrogen-bond donors (Lipinski definition) is 2. The summed E-state index contributed by atoms with van der Waals surface area (Å²) >= 11 is 0. The van der Waals surface area contributed by atoms with E-state index in [1.165, 1.54) is 12.1 Å². The van der Waals surface area contributed by atoms with Gasteiger partial charge in [-0.2, -0.15) is 5.26 Å². The number of hydrogen-bond acceptors (Lipinski definition) is 4. The third kappa shape index (κ3) is 4.27. The lowest BCUT2D eigenvalue weighted by Gasteiger charge is -2.27. The zero-order chi connectivity index (χ0) is 15.3. The fourth-order valence-electron chi connectivity index (χ4n) is 2.63. The van der Waals surface area contributed by atoms with Gasteiger partial charge in [0.1, 0.15) is 0 Å². The molecule has 21 heavy (non-hydrogen) atoms. The third-order valence-corrected chi connectivity index (χ3v) is 5.48. The highest BCUT2D eigenvalue weighted by Crippen LogP contribution is 2.25. The maximum atomic E-state index is 12.3. The van der Waals surface area contributed by atoms with Gasteiger partial charge in [-0.15, -0.1) is 0 Å². The molecule has 0 aliphatic heterocycles. The minimum atomic E-state index is -3.51. The Balaban J connectivity index is 2.00. The fraction of sp³-hybridized carbons (Fsp3) is 0.533. The number of aliphatic hydroxyl groups is 1. The van der Waals surface area contributed by atoms with Crippen LogP contribution in [0.15, 0.2) is 29.2 Å². The van der Waals surface area contributed by atoms with Gasteiger partial charge in [0.05, 0.1) is 17.4 Å². The van der Waals surface area contributed by atoms with Crippen LogP contribution in [0.25, 0.3) is 0 Å². The van der Waals surface area contributed by atoms with Crippen molar-refractivity contribution in [2.45, 2.75) is 43.0 Å². The number of nitrogens with zero attached hydrogens (tertiary/aromatic N) is 1. The van der Waals surface area contributed by atoms with Gasteiger partial charge in [-0.1, -0.05) is 12.1 Å². The van der Waals surface area contributed by atoms with Crippen molar-refractivity contribution in [1.29, 1.82) is 5.26 Å². The zero-order valence-corrected chi connectivity index (χ0v) is 12.6. The first-order valence-corrected chi connectivity index (χ1v) is 8.62. The van der Waals surface area contributed by atoms with Crippen molar-refractivity contribution in [3.05, 3.63) is 29.8 Å². The molecular formula is C15H20N2O3S. The molecule has 5 nitrogen and oxygen atoms in total. The Morgan fingerprint density at radius 3 is 2.33 bits per heavy atom. The van der Waals surface area contributed by atoms with E-state index < -0.39 is 10.0 Å². The van der Waals surface area contributed by atoms with Crippen LogP contribution in [-0.4, -0.2) is 26.2 Å². The molecule has 0 unspecified atom stereocenters. The number of nitriles is 1. The summed E-state index contributed by atoms with van der Waals surface area (Å²) in [5, 5.41) is 17.7. The maximum absolute atomic E-state index is 12.3. The molecule has 2 N–H and O–H groups in total. The van der Waals surface area contributed by atoms with Gasteiger partial charge in [-0.05, 0) is 49.3 Å². The first kappa shape index (κ1) is 16.0. The van der Waals surface area contributed by atoms with Crippen LogP contribution in [0.2, 0.25) is 0 Å². The highest BCUT2D eigenvalue weighted by Gasteiger charge is 2.25. The second-order valence-electron chi connectivity index (χ2n) is 5.50. The third-order valence-electron chi connectivity index (χ3n) is 3.94. The van der Waals surface area contributed by atoms with E-state index in [9.17, 15) is 8.42 Å². The van der Waals surface area contributed by atoms with Gasteiger partial charge in [-0.3, -0.25) is 0 Å². The average Bonchev–Trinajstić information content (AvgIpc) is 2.48. The van der Waals surface area contributed by atoms with E-state index in [1.54, 1.807) is 12.1 Å². The van der Waals surface area contributed by atoms with Crippen molar-refractivity contribution in [2.24, 2.45) is 5.92 Å². The van der Waals surface area contributed by atoms with Crippen LogP contribution >= 0.6 is 0 Å². The van der Waals surface area contributed by atoms with Crippen molar-refractivity contribution in [2.75, 3.05) is 6.61 Å². The van der Waals surface area contributed by atoms with E-state index in [0.29, 0.717) is 5.92 Å². The molecule has 114 valence electrons. The molecule has 1 aromatic carbocycles. The summed E-state index contributed by atoms with van der Waals surface area (Å²) in [6.45, 7) is 0.180. The largest absolute Gasteiger partial charge is 0.396 e. The first-order chi connectivity index (χ1) is 10.0. The Bertz CT molecular complexity index is 597. The summed E-state index contributed by atoms with van der Waals surface area (Å²) in [4.78, 5) is 0.230. The van der Waals surface area contributed by atoms with Gasteiger partial charge in [0.25, 0.3) is 0 Å². The van der Waals surface area contributed by atoms with Crippen LogP contribution in [-0.2, 0) is 16.4 Å². The second kappa shape index (κ2) is 7.03. The fourth-order valence-corrected chi connectivity index (χ4v) is 3.93. The summed E-state index contributed by atoms with van der Waals surface area (Å²) in [5.74, 6) is 0.302. The van der Waals surface area contributed by atoms with Gasteiger partial charge in [0, 0.05) is 12.6 Å².